The molecular weight excluding hydrogens is 208 g/mol. The molecule has 0 aliphatic rings. The highest BCUT2D eigenvalue weighted by atomic mass is 32.2. The van der Waals surface area contributed by atoms with E-state index in [-0.39, 0.29) is 5.91 Å². The minimum Gasteiger partial charge on any atom is -0.399 e. The van der Waals surface area contributed by atoms with E-state index >= 15 is 0 Å². The molecule has 0 bridgehead atoms. The first kappa shape index (κ1) is 11.9. The lowest BCUT2D eigenvalue weighted by atomic mass is 10.3. The highest BCUT2D eigenvalue weighted by Gasteiger charge is 2.03. The van der Waals surface area contributed by atoms with E-state index in [2.05, 4.69) is 19.2 Å². The van der Waals surface area contributed by atoms with Crippen LogP contribution in [-0.4, -0.2) is 16.9 Å². The average molecular weight is 224 g/mol. The third kappa shape index (κ3) is 4.74. The summed E-state index contributed by atoms with van der Waals surface area (Å²) in [6.07, 6.45) is 0. The molecule has 4 heteroatoms. The summed E-state index contributed by atoms with van der Waals surface area (Å²) in [6, 6.07) is 7.14. The summed E-state index contributed by atoms with van der Waals surface area (Å²) in [5.74, 6) is 0.515. The Balaban J connectivity index is 2.41. The van der Waals surface area contributed by atoms with E-state index in [1.54, 1.807) is 36.0 Å². The maximum Gasteiger partial charge on any atom is 0.234 e. The van der Waals surface area contributed by atoms with Gasteiger partial charge in [0.2, 0.25) is 5.91 Å². The normalized spacial score (nSPS) is 10.3. The fourth-order valence-electron chi connectivity index (χ4n) is 1.01. The molecule has 0 atom stereocenters. The quantitative estimate of drug-likeness (QED) is 0.772. The zero-order chi connectivity index (χ0) is 11.3. The summed E-state index contributed by atoms with van der Waals surface area (Å²) in [4.78, 5) is 11.4. The highest BCUT2D eigenvalue weighted by Crippen LogP contribution is 2.12. The van der Waals surface area contributed by atoms with Crippen LogP contribution in [0, 0.1) is 0 Å². The van der Waals surface area contributed by atoms with Crippen LogP contribution in [0.15, 0.2) is 24.3 Å². The number of nitrogen functional groups attached to an aromatic ring is 1. The standard InChI is InChI=1S/C11H16N2OS/c1-8(2)15-7-11(14)13-10-5-3-9(12)4-6-10/h3-6,8H,7,12H2,1-2H3,(H,13,14). The number of carbonyl (C=O) groups excluding carboxylic acids is 1. The van der Waals surface area contributed by atoms with Gasteiger partial charge in [0.1, 0.15) is 0 Å². The van der Waals surface area contributed by atoms with Crippen molar-refractivity contribution in [2.45, 2.75) is 19.1 Å². The van der Waals surface area contributed by atoms with Crippen LogP contribution in [0.3, 0.4) is 0 Å². The predicted octanol–water partition coefficient (Wildman–Crippen LogP) is 2.35. The SMILES string of the molecule is CC(C)SCC(=O)Nc1ccc(N)cc1. The second-order valence-electron chi connectivity index (χ2n) is 3.53. The summed E-state index contributed by atoms with van der Waals surface area (Å²) >= 11 is 1.63. The Bertz CT molecular complexity index is 322. The zero-order valence-electron chi connectivity index (χ0n) is 8.99. The largest absolute Gasteiger partial charge is 0.399 e. The van der Waals surface area contributed by atoms with Gasteiger partial charge in [0.05, 0.1) is 5.75 Å². The second kappa shape index (κ2) is 5.66. The number of thioether (sulfide) groups is 1. The Morgan fingerprint density at radius 2 is 2.00 bits per heavy atom. The molecule has 0 fully saturated rings. The van der Waals surface area contributed by atoms with Crippen LogP contribution in [0.25, 0.3) is 0 Å². The monoisotopic (exact) mass is 224 g/mol. The molecule has 0 aliphatic heterocycles. The van der Waals surface area contributed by atoms with Crippen LogP contribution in [0.5, 0.6) is 0 Å². The third-order valence-corrected chi connectivity index (χ3v) is 2.84. The lowest BCUT2D eigenvalue weighted by Crippen LogP contribution is -2.15. The van der Waals surface area contributed by atoms with Gasteiger partial charge in [-0.15, -0.1) is 11.8 Å². The number of rotatable bonds is 4. The molecule has 3 N–H and O–H groups in total. The van der Waals surface area contributed by atoms with Crippen molar-refractivity contribution in [2.24, 2.45) is 0 Å². The van der Waals surface area contributed by atoms with Crippen LogP contribution in [0.4, 0.5) is 11.4 Å². The Labute approximate surface area is 94.4 Å². The van der Waals surface area contributed by atoms with Gasteiger partial charge in [-0.25, -0.2) is 0 Å². The van der Waals surface area contributed by atoms with Crippen LogP contribution in [-0.2, 0) is 4.79 Å². The fraction of sp³-hybridized carbons (Fsp3) is 0.364. The molecule has 1 aromatic rings. The maximum atomic E-state index is 11.4. The molecule has 0 saturated heterocycles. The van der Waals surface area contributed by atoms with E-state index in [4.69, 9.17) is 5.73 Å². The number of benzene rings is 1. The van der Waals surface area contributed by atoms with Gasteiger partial charge >= 0.3 is 0 Å². The molecule has 0 heterocycles. The van der Waals surface area contributed by atoms with Crippen molar-refractivity contribution in [1.29, 1.82) is 0 Å². The van der Waals surface area contributed by atoms with E-state index < -0.39 is 0 Å². The van der Waals surface area contributed by atoms with Crippen molar-refractivity contribution in [3.8, 4) is 0 Å². The van der Waals surface area contributed by atoms with E-state index in [1.165, 1.54) is 0 Å². The van der Waals surface area contributed by atoms with Crippen LogP contribution >= 0.6 is 11.8 Å². The molecule has 0 aromatic heterocycles. The predicted molar refractivity (Wildman–Crippen MR) is 67.1 cm³/mol. The first-order chi connectivity index (χ1) is 7.08. The smallest absolute Gasteiger partial charge is 0.234 e. The van der Waals surface area contributed by atoms with E-state index in [0.29, 0.717) is 16.7 Å². The molecule has 0 spiro atoms. The molecule has 0 radical (unpaired) electrons. The molecule has 1 amide bonds. The third-order valence-electron chi connectivity index (χ3n) is 1.74. The number of hydrogen-bond donors (Lipinski definition) is 2. The summed E-state index contributed by atoms with van der Waals surface area (Å²) in [5.41, 5.74) is 7.03. The van der Waals surface area contributed by atoms with Crippen LogP contribution in [0.1, 0.15) is 13.8 Å². The van der Waals surface area contributed by atoms with E-state index in [1.807, 2.05) is 0 Å². The minimum absolute atomic E-state index is 0.0264. The van der Waals surface area contributed by atoms with E-state index in [9.17, 15) is 4.79 Å². The highest BCUT2D eigenvalue weighted by molar-refractivity contribution is 8.00. The van der Waals surface area contributed by atoms with Crippen LogP contribution in [0.2, 0.25) is 0 Å². The Kier molecular flexibility index (Phi) is 4.49. The van der Waals surface area contributed by atoms with Crippen LogP contribution < -0.4 is 11.1 Å². The first-order valence-corrected chi connectivity index (χ1v) is 5.90. The van der Waals surface area contributed by atoms with Gasteiger partial charge in [0, 0.05) is 11.4 Å². The summed E-state index contributed by atoms with van der Waals surface area (Å²) in [7, 11) is 0. The topological polar surface area (TPSA) is 55.1 Å². The molecule has 3 nitrogen and oxygen atoms in total. The number of hydrogen-bond acceptors (Lipinski definition) is 3. The Hall–Kier alpha value is -1.16. The van der Waals surface area contributed by atoms with Crippen molar-refractivity contribution in [3.63, 3.8) is 0 Å². The van der Waals surface area contributed by atoms with Gasteiger partial charge in [-0.2, -0.15) is 0 Å². The molecule has 1 aromatic carbocycles. The molecular formula is C11H16N2OS. The Morgan fingerprint density at radius 1 is 1.40 bits per heavy atom. The van der Waals surface area contributed by atoms with Gasteiger partial charge in [-0.05, 0) is 29.5 Å². The molecule has 0 unspecified atom stereocenters. The fourth-order valence-corrected chi connectivity index (χ4v) is 1.56. The van der Waals surface area contributed by atoms with Gasteiger partial charge in [-0.3, -0.25) is 4.79 Å². The van der Waals surface area contributed by atoms with E-state index in [0.717, 1.165) is 5.69 Å². The number of nitrogens with two attached hydrogens (primary N) is 1. The lowest BCUT2D eigenvalue weighted by Gasteiger charge is -2.06. The summed E-state index contributed by atoms with van der Waals surface area (Å²) < 4.78 is 0. The second-order valence-corrected chi connectivity index (χ2v) is 5.09. The van der Waals surface area contributed by atoms with Gasteiger partial charge < -0.3 is 11.1 Å². The van der Waals surface area contributed by atoms with Gasteiger partial charge in [0.15, 0.2) is 0 Å². The van der Waals surface area contributed by atoms with Crippen molar-refractivity contribution in [2.75, 3.05) is 16.8 Å². The first-order valence-electron chi connectivity index (χ1n) is 4.85. The number of carbonyl (C=O) groups is 1. The Morgan fingerprint density at radius 3 is 2.53 bits per heavy atom. The molecule has 15 heavy (non-hydrogen) atoms. The van der Waals surface area contributed by atoms with Crippen molar-refractivity contribution in [1.82, 2.24) is 0 Å². The van der Waals surface area contributed by atoms with Crippen molar-refractivity contribution >= 4 is 29.0 Å². The van der Waals surface area contributed by atoms with Crippen molar-refractivity contribution < 1.29 is 4.79 Å². The van der Waals surface area contributed by atoms with Gasteiger partial charge in [0.25, 0.3) is 0 Å². The van der Waals surface area contributed by atoms with Gasteiger partial charge in [-0.1, -0.05) is 13.8 Å². The lowest BCUT2D eigenvalue weighted by molar-refractivity contribution is -0.113. The molecule has 0 aliphatic carbocycles. The molecule has 0 saturated carbocycles. The number of amides is 1. The summed E-state index contributed by atoms with van der Waals surface area (Å²) in [5, 5.41) is 3.28. The molecule has 1 rings (SSSR count). The van der Waals surface area contributed by atoms with Crippen molar-refractivity contribution in [3.05, 3.63) is 24.3 Å². The summed E-state index contributed by atoms with van der Waals surface area (Å²) in [6.45, 7) is 4.14. The minimum atomic E-state index is 0.0264. The zero-order valence-corrected chi connectivity index (χ0v) is 9.80. The maximum absolute atomic E-state index is 11.4. The number of anilines is 2. The molecule has 82 valence electrons. The average Bonchev–Trinajstić information content (AvgIpc) is 2.19. The number of nitrogens with one attached hydrogen (secondary N) is 1.